The summed E-state index contributed by atoms with van der Waals surface area (Å²) in [6.07, 6.45) is 0. The van der Waals surface area contributed by atoms with Gasteiger partial charge in [-0.15, -0.1) is 0 Å². The van der Waals surface area contributed by atoms with Crippen molar-refractivity contribution in [3.8, 4) is 0 Å². The number of hydrogen-bond acceptors (Lipinski definition) is 2. The fourth-order valence-electron chi connectivity index (χ4n) is 0.949. The van der Waals surface area contributed by atoms with Crippen LogP contribution >= 0.6 is 38.2 Å². The SMILES string of the molecule is O=S(=O)(Cl)Cc1c(F)c(F)c(Br)c(F)c1Cl. The predicted octanol–water partition coefficient (Wildman–Crippen LogP) is 3.59. The fourth-order valence-corrected chi connectivity index (χ4v) is 2.70. The normalized spacial score (nSPS) is 11.9. The third-order valence-electron chi connectivity index (χ3n) is 1.62. The van der Waals surface area contributed by atoms with E-state index >= 15 is 0 Å². The lowest BCUT2D eigenvalue weighted by Crippen LogP contribution is -2.05. The standard InChI is InChI=1S/C7H2BrCl2F3O2S/c8-3-6(12)4(9)2(1-16(10,14)15)5(11)7(3)13/h1H2. The Labute approximate surface area is 107 Å². The molecule has 0 radical (unpaired) electrons. The van der Waals surface area contributed by atoms with Crippen molar-refractivity contribution in [1.82, 2.24) is 0 Å². The lowest BCUT2D eigenvalue weighted by molar-refractivity contribution is 0.481. The van der Waals surface area contributed by atoms with Crippen LogP contribution in [-0.2, 0) is 14.8 Å². The van der Waals surface area contributed by atoms with Crippen LogP contribution in [0.15, 0.2) is 4.47 Å². The highest BCUT2D eigenvalue weighted by Crippen LogP contribution is 2.33. The molecule has 90 valence electrons. The fraction of sp³-hybridized carbons (Fsp3) is 0.143. The molecule has 0 bridgehead atoms. The van der Waals surface area contributed by atoms with Gasteiger partial charge in [-0.3, -0.25) is 0 Å². The van der Waals surface area contributed by atoms with Crippen LogP contribution < -0.4 is 0 Å². The Morgan fingerprint density at radius 3 is 2.06 bits per heavy atom. The second-order valence-corrected chi connectivity index (χ2v) is 6.68. The van der Waals surface area contributed by atoms with E-state index in [1.165, 1.54) is 0 Å². The van der Waals surface area contributed by atoms with Crippen LogP contribution in [0, 0.1) is 17.5 Å². The molecule has 0 aromatic heterocycles. The van der Waals surface area contributed by atoms with Gasteiger partial charge in [-0.2, -0.15) is 0 Å². The third-order valence-corrected chi connectivity index (χ3v) is 3.67. The molecule has 1 aromatic rings. The predicted molar refractivity (Wildman–Crippen MR) is 57.5 cm³/mol. The highest BCUT2D eigenvalue weighted by molar-refractivity contribution is 9.10. The van der Waals surface area contributed by atoms with E-state index in [9.17, 15) is 21.6 Å². The maximum absolute atomic E-state index is 13.3. The van der Waals surface area contributed by atoms with Gasteiger partial charge in [-0.1, -0.05) is 11.6 Å². The van der Waals surface area contributed by atoms with Crippen molar-refractivity contribution >= 4 is 47.3 Å². The van der Waals surface area contributed by atoms with Gasteiger partial charge < -0.3 is 0 Å². The Kier molecular flexibility index (Phi) is 4.15. The summed E-state index contributed by atoms with van der Waals surface area (Å²) in [5, 5.41) is -0.824. The van der Waals surface area contributed by atoms with E-state index in [-0.39, 0.29) is 0 Å². The average Bonchev–Trinajstić information content (AvgIpc) is 2.17. The van der Waals surface area contributed by atoms with E-state index in [1.54, 1.807) is 0 Å². The van der Waals surface area contributed by atoms with Gasteiger partial charge in [-0.25, -0.2) is 21.6 Å². The highest BCUT2D eigenvalue weighted by atomic mass is 79.9. The summed E-state index contributed by atoms with van der Waals surface area (Å²) < 4.78 is 60.1. The highest BCUT2D eigenvalue weighted by Gasteiger charge is 2.25. The molecule has 9 heteroatoms. The molecule has 16 heavy (non-hydrogen) atoms. The first-order valence-corrected chi connectivity index (χ1v) is 7.22. The van der Waals surface area contributed by atoms with Gasteiger partial charge in [0.25, 0.3) is 0 Å². The van der Waals surface area contributed by atoms with Crippen LogP contribution in [-0.4, -0.2) is 8.42 Å². The van der Waals surface area contributed by atoms with E-state index in [2.05, 4.69) is 15.9 Å². The monoisotopic (exact) mass is 356 g/mol. The largest absolute Gasteiger partial charge is 0.236 e. The lowest BCUT2D eigenvalue weighted by Gasteiger charge is -2.08. The molecule has 0 N–H and O–H groups in total. The van der Waals surface area contributed by atoms with Crippen molar-refractivity contribution in [2.75, 3.05) is 0 Å². The Balaban J connectivity index is 3.52. The van der Waals surface area contributed by atoms with Crippen LogP contribution in [0.3, 0.4) is 0 Å². The zero-order valence-corrected chi connectivity index (χ0v) is 11.1. The van der Waals surface area contributed by atoms with Crippen LogP contribution in [0.2, 0.25) is 5.02 Å². The zero-order valence-electron chi connectivity index (χ0n) is 7.20. The first-order valence-electron chi connectivity index (χ1n) is 3.57. The zero-order chi connectivity index (χ0) is 12.7. The molecule has 0 saturated carbocycles. The van der Waals surface area contributed by atoms with Gasteiger partial charge in [-0.05, 0) is 15.9 Å². The summed E-state index contributed by atoms with van der Waals surface area (Å²) >= 11 is 7.78. The van der Waals surface area contributed by atoms with Gasteiger partial charge >= 0.3 is 0 Å². The molecule has 0 aliphatic rings. The number of benzene rings is 1. The minimum Gasteiger partial charge on any atom is -0.212 e. The quantitative estimate of drug-likeness (QED) is 0.460. The minimum atomic E-state index is -4.17. The molecule has 0 unspecified atom stereocenters. The molecular weight excluding hydrogens is 356 g/mol. The smallest absolute Gasteiger partial charge is 0.212 e. The lowest BCUT2D eigenvalue weighted by atomic mass is 10.2. The first kappa shape index (κ1) is 14.1. The Bertz CT molecular complexity index is 518. The Morgan fingerprint density at radius 1 is 1.12 bits per heavy atom. The summed E-state index contributed by atoms with van der Waals surface area (Å²) in [6.45, 7) is 0. The van der Waals surface area contributed by atoms with Crippen molar-refractivity contribution in [3.63, 3.8) is 0 Å². The number of hydrogen-bond donors (Lipinski definition) is 0. The van der Waals surface area contributed by atoms with Crippen LogP contribution in [0.1, 0.15) is 5.56 Å². The second kappa shape index (κ2) is 4.72. The molecule has 1 rings (SSSR count). The van der Waals surface area contributed by atoms with Crippen LogP contribution in [0.4, 0.5) is 13.2 Å². The molecule has 0 amide bonds. The van der Waals surface area contributed by atoms with E-state index < -0.39 is 47.3 Å². The van der Waals surface area contributed by atoms with E-state index in [1.807, 2.05) is 0 Å². The molecule has 1 aromatic carbocycles. The molecule has 2 nitrogen and oxygen atoms in total. The van der Waals surface area contributed by atoms with Crippen LogP contribution in [0.5, 0.6) is 0 Å². The van der Waals surface area contributed by atoms with Crippen LogP contribution in [0.25, 0.3) is 0 Å². The summed E-state index contributed by atoms with van der Waals surface area (Å²) in [7, 11) is 0.677. The summed E-state index contributed by atoms with van der Waals surface area (Å²) in [5.41, 5.74) is -0.838. The van der Waals surface area contributed by atoms with Crippen molar-refractivity contribution in [1.29, 1.82) is 0 Å². The molecule has 0 atom stereocenters. The van der Waals surface area contributed by atoms with Crippen molar-refractivity contribution in [3.05, 3.63) is 32.5 Å². The Hall–Kier alpha value is 0.0200. The summed E-state index contributed by atoms with van der Waals surface area (Å²) in [5.74, 6) is -5.49. The van der Waals surface area contributed by atoms with Gasteiger partial charge in [0.05, 0.1) is 15.2 Å². The third kappa shape index (κ3) is 2.82. The molecule has 0 aliphatic heterocycles. The summed E-state index contributed by atoms with van der Waals surface area (Å²) in [6, 6.07) is 0. The molecule has 0 fully saturated rings. The number of rotatable bonds is 2. The van der Waals surface area contributed by atoms with Crippen molar-refractivity contribution < 1.29 is 21.6 Å². The molecule has 0 saturated heterocycles. The van der Waals surface area contributed by atoms with E-state index in [0.29, 0.717) is 0 Å². The van der Waals surface area contributed by atoms with E-state index in [0.717, 1.165) is 0 Å². The second-order valence-electron chi connectivity index (χ2n) is 2.73. The maximum atomic E-state index is 13.3. The average molecular weight is 358 g/mol. The topological polar surface area (TPSA) is 34.1 Å². The maximum Gasteiger partial charge on any atom is 0.236 e. The first-order chi connectivity index (χ1) is 7.15. The molecular formula is C7H2BrCl2F3O2S. The van der Waals surface area contributed by atoms with Gasteiger partial charge in [0.15, 0.2) is 17.5 Å². The van der Waals surface area contributed by atoms with Gasteiger partial charge in [0, 0.05) is 16.2 Å². The van der Waals surface area contributed by atoms with E-state index in [4.69, 9.17) is 22.3 Å². The number of halogens is 6. The molecule has 0 heterocycles. The Morgan fingerprint density at radius 2 is 1.62 bits per heavy atom. The van der Waals surface area contributed by atoms with Crippen molar-refractivity contribution in [2.24, 2.45) is 0 Å². The minimum absolute atomic E-state index is 0.800. The summed E-state index contributed by atoms with van der Waals surface area (Å²) in [4.78, 5) is 0. The van der Waals surface area contributed by atoms with Gasteiger partial charge in [0.2, 0.25) is 9.05 Å². The molecule has 0 spiro atoms. The van der Waals surface area contributed by atoms with Crippen molar-refractivity contribution in [2.45, 2.75) is 5.75 Å². The molecule has 0 aliphatic carbocycles. The van der Waals surface area contributed by atoms with Gasteiger partial charge in [0.1, 0.15) is 0 Å².